The number of piperidine rings is 1. The van der Waals surface area contributed by atoms with Gasteiger partial charge in [-0.05, 0) is 19.4 Å². The highest BCUT2D eigenvalue weighted by Crippen LogP contribution is 2.12. The van der Waals surface area contributed by atoms with Crippen molar-refractivity contribution in [3.8, 4) is 0 Å². The molecule has 2 aliphatic rings. The maximum absolute atomic E-state index is 3.69. The smallest absolute Gasteiger partial charge is 0.0197 e. The average Bonchev–Trinajstić information content (AvgIpc) is 2.37. The van der Waals surface area contributed by atoms with E-state index in [1.54, 1.807) is 0 Å². The van der Waals surface area contributed by atoms with Gasteiger partial charge in [-0.15, -0.1) is 0 Å². The molecule has 0 spiro atoms. The van der Waals surface area contributed by atoms with Gasteiger partial charge in [-0.25, -0.2) is 0 Å². The third-order valence-electron chi connectivity index (χ3n) is 3.91. The second-order valence-electron chi connectivity index (χ2n) is 5.92. The van der Waals surface area contributed by atoms with Crippen LogP contribution >= 0.6 is 11.8 Å². The second-order valence-corrected chi connectivity index (χ2v) is 7.14. The van der Waals surface area contributed by atoms with E-state index < -0.39 is 0 Å². The van der Waals surface area contributed by atoms with Gasteiger partial charge in [0.2, 0.25) is 0 Å². The van der Waals surface area contributed by atoms with Crippen LogP contribution in [0.25, 0.3) is 0 Å². The summed E-state index contributed by atoms with van der Waals surface area (Å²) < 4.78 is 0. The Bertz CT molecular complexity index is 229. The standard InChI is InChI=1S/C14H29N3S/c1-13(2)15-14-4-3-5-17(12-14)7-6-16-8-10-18-11-9-16/h13-15H,3-12H2,1-2H3. The van der Waals surface area contributed by atoms with Crippen molar-refractivity contribution < 1.29 is 0 Å². The molecule has 0 aromatic rings. The summed E-state index contributed by atoms with van der Waals surface area (Å²) in [6.45, 7) is 12.2. The van der Waals surface area contributed by atoms with Crippen molar-refractivity contribution in [2.75, 3.05) is 50.8 Å². The molecular weight excluding hydrogens is 242 g/mol. The molecule has 0 amide bonds. The number of nitrogens with zero attached hydrogens (tertiary/aromatic N) is 2. The van der Waals surface area contributed by atoms with E-state index in [0.29, 0.717) is 6.04 Å². The van der Waals surface area contributed by atoms with Gasteiger partial charge in [0.25, 0.3) is 0 Å². The zero-order valence-corrected chi connectivity index (χ0v) is 12.8. The van der Waals surface area contributed by atoms with Gasteiger partial charge in [-0.3, -0.25) is 0 Å². The van der Waals surface area contributed by atoms with Crippen molar-refractivity contribution in [1.29, 1.82) is 0 Å². The number of nitrogens with one attached hydrogen (secondary N) is 1. The number of likely N-dealkylation sites (tertiary alicyclic amines) is 1. The van der Waals surface area contributed by atoms with Crippen molar-refractivity contribution in [1.82, 2.24) is 15.1 Å². The fourth-order valence-electron chi connectivity index (χ4n) is 2.97. The van der Waals surface area contributed by atoms with Crippen LogP contribution in [-0.4, -0.2) is 72.7 Å². The van der Waals surface area contributed by atoms with E-state index in [2.05, 4.69) is 40.7 Å². The predicted octanol–water partition coefficient (Wildman–Crippen LogP) is 1.50. The van der Waals surface area contributed by atoms with E-state index in [1.807, 2.05) is 0 Å². The molecule has 0 radical (unpaired) electrons. The van der Waals surface area contributed by atoms with E-state index in [1.165, 1.54) is 63.6 Å². The lowest BCUT2D eigenvalue weighted by molar-refractivity contribution is 0.160. The maximum Gasteiger partial charge on any atom is 0.0197 e. The third-order valence-corrected chi connectivity index (χ3v) is 4.85. The molecule has 1 atom stereocenters. The Labute approximate surface area is 117 Å². The van der Waals surface area contributed by atoms with Crippen molar-refractivity contribution in [3.63, 3.8) is 0 Å². The van der Waals surface area contributed by atoms with Crippen LogP contribution in [0.2, 0.25) is 0 Å². The van der Waals surface area contributed by atoms with Gasteiger partial charge in [0.15, 0.2) is 0 Å². The first-order valence-corrected chi connectivity index (χ1v) is 8.68. The van der Waals surface area contributed by atoms with Crippen LogP contribution in [0.3, 0.4) is 0 Å². The summed E-state index contributed by atoms with van der Waals surface area (Å²) in [4.78, 5) is 5.29. The Morgan fingerprint density at radius 1 is 1.11 bits per heavy atom. The normalized spacial score (nSPS) is 27.8. The fraction of sp³-hybridized carbons (Fsp3) is 1.00. The summed E-state index contributed by atoms with van der Waals surface area (Å²) in [5, 5.41) is 3.69. The van der Waals surface area contributed by atoms with Crippen molar-refractivity contribution >= 4 is 11.8 Å². The summed E-state index contributed by atoms with van der Waals surface area (Å²) in [7, 11) is 0. The molecule has 1 N–H and O–H groups in total. The Kier molecular flexibility index (Phi) is 6.29. The van der Waals surface area contributed by atoms with E-state index in [9.17, 15) is 0 Å². The summed E-state index contributed by atoms with van der Waals surface area (Å²) in [6, 6.07) is 1.34. The Morgan fingerprint density at radius 3 is 2.56 bits per heavy atom. The second kappa shape index (κ2) is 7.73. The first kappa shape index (κ1) is 14.6. The Hall–Kier alpha value is 0.230. The molecular formula is C14H29N3S. The van der Waals surface area contributed by atoms with Crippen LogP contribution in [0, 0.1) is 0 Å². The number of hydrogen-bond acceptors (Lipinski definition) is 4. The van der Waals surface area contributed by atoms with E-state index in [0.717, 1.165) is 6.04 Å². The van der Waals surface area contributed by atoms with Gasteiger partial charge in [-0.2, -0.15) is 11.8 Å². The zero-order valence-electron chi connectivity index (χ0n) is 12.0. The predicted molar refractivity (Wildman–Crippen MR) is 81.5 cm³/mol. The summed E-state index contributed by atoms with van der Waals surface area (Å²) >= 11 is 2.10. The quantitative estimate of drug-likeness (QED) is 0.816. The number of rotatable bonds is 5. The topological polar surface area (TPSA) is 18.5 Å². The molecule has 106 valence electrons. The van der Waals surface area contributed by atoms with Crippen molar-refractivity contribution in [3.05, 3.63) is 0 Å². The van der Waals surface area contributed by atoms with Gasteiger partial charge in [0, 0.05) is 56.3 Å². The van der Waals surface area contributed by atoms with Crippen LogP contribution in [0.5, 0.6) is 0 Å². The minimum atomic E-state index is 0.620. The van der Waals surface area contributed by atoms with Gasteiger partial charge < -0.3 is 15.1 Å². The van der Waals surface area contributed by atoms with Gasteiger partial charge in [0.1, 0.15) is 0 Å². The van der Waals surface area contributed by atoms with E-state index in [4.69, 9.17) is 0 Å². The maximum atomic E-state index is 3.69. The molecule has 2 rings (SSSR count). The van der Waals surface area contributed by atoms with Crippen LogP contribution in [0.1, 0.15) is 26.7 Å². The monoisotopic (exact) mass is 271 g/mol. The molecule has 2 saturated heterocycles. The highest BCUT2D eigenvalue weighted by molar-refractivity contribution is 7.99. The van der Waals surface area contributed by atoms with Gasteiger partial charge in [0.05, 0.1) is 0 Å². The fourth-order valence-corrected chi connectivity index (χ4v) is 3.95. The molecule has 2 heterocycles. The third kappa shape index (κ3) is 5.08. The minimum absolute atomic E-state index is 0.620. The lowest BCUT2D eigenvalue weighted by Gasteiger charge is -2.36. The van der Waals surface area contributed by atoms with Crippen LogP contribution in [0.4, 0.5) is 0 Å². The Morgan fingerprint density at radius 2 is 1.83 bits per heavy atom. The molecule has 2 aliphatic heterocycles. The molecule has 1 unspecified atom stereocenters. The van der Waals surface area contributed by atoms with Crippen LogP contribution in [-0.2, 0) is 0 Å². The highest BCUT2D eigenvalue weighted by Gasteiger charge is 2.20. The molecule has 0 saturated carbocycles. The number of thioether (sulfide) groups is 1. The zero-order chi connectivity index (χ0) is 12.8. The van der Waals surface area contributed by atoms with Crippen LogP contribution in [0.15, 0.2) is 0 Å². The first-order valence-electron chi connectivity index (χ1n) is 7.52. The molecule has 2 fully saturated rings. The minimum Gasteiger partial charge on any atom is -0.311 e. The summed E-state index contributed by atoms with van der Waals surface area (Å²) in [6.07, 6.45) is 2.72. The van der Waals surface area contributed by atoms with Crippen molar-refractivity contribution in [2.45, 2.75) is 38.8 Å². The molecule has 3 nitrogen and oxygen atoms in total. The van der Waals surface area contributed by atoms with Crippen LogP contribution < -0.4 is 5.32 Å². The first-order chi connectivity index (χ1) is 8.74. The summed E-state index contributed by atoms with van der Waals surface area (Å²) in [5.74, 6) is 2.66. The highest BCUT2D eigenvalue weighted by atomic mass is 32.2. The van der Waals surface area contributed by atoms with Crippen molar-refractivity contribution in [2.24, 2.45) is 0 Å². The average molecular weight is 271 g/mol. The van der Waals surface area contributed by atoms with Gasteiger partial charge >= 0.3 is 0 Å². The summed E-state index contributed by atoms with van der Waals surface area (Å²) in [5.41, 5.74) is 0. The van der Waals surface area contributed by atoms with Gasteiger partial charge in [-0.1, -0.05) is 13.8 Å². The Balaban J connectivity index is 1.65. The molecule has 0 bridgehead atoms. The molecule has 0 aromatic carbocycles. The molecule has 4 heteroatoms. The largest absolute Gasteiger partial charge is 0.311 e. The lowest BCUT2D eigenvalue weighted by atomic mass is 10.0. The molecule has 18 heavy (non-hydrogen) atoms. The molecule has 0 aromatic heterocycles. The van der Waals surface area contributed by atoms with E-state index >= 15 is 0 Å². The van der Waals surface area contributed by atoms with E-state index in [-0.39, 0.29) is 0 Å². The SMILES string of the molecule is CC(C)NC1CCCN(CCN2CCSCC2)C1. The number of hydrogen-bond donors (Lipinski definition) is 1. The molecule has 0 aliphatic carbocycles. The lowest BCUT2D eigenvalue weighted by Crippen LogP contribution is -2.49.